The summed E-state index contributed by atoms with van der Waals surface area (Å²) in [5, 5.41) is 17.2. The molecule has 1 aliphatic rings. The maximum Gasteiger partial charge on any atom is 0.254 e. The van der Waals surface area contributed by atoms with Gasteiger partial charge in [0, 0.05) is 6.54 Å². The van der Waals surface area contributed by atoms with Crippen LogP contribution in [-0.4, -0.2) is 33.4 Å². The van der Waals surface area contributed by atoms with E-state index >= 15 is 0 Å². The summed E-state index contributed by atoms with van der Waals surface area (Å²) in [4.78, 5) is 12.6. The standard InChI is InChI=1S/C19H25N3O2/c1-2-18-17(13-21-22(18)15-8-4-3-5-9-15)19(24)20-12-14-7-6-10-16(23)11-14/h3-5,8-9,13-14,16,23H,2,6-7,10-12H2,1H3,(H,20,24). The topological polar surface area (TPSA) is 67.2 Å². The minimum Gasteiger partial charge on any atom is -0.393 e. The van der Waals surface area contributed by atoms with E-state index < -0.39 is 0 Å². The van der Waals surface area contributed by atoms with Gasteiger partial charge in [0.05, 0.1) is 29.2 Å². The number of nitrogens with one attached hydrogen (secondary N) is 1. The van der Waals surface area contributed by atoms with Gasteiger partial charge in [-0.2, -0.15) is 5.10 Å². The Morgan fingerprint density at radius 2 is 2.12 bits per heavy atom. The number of amides is 1. The number of nitrogens with zero attached hydrogens (tertiary/aromatic N) is 2. The monoisotopic (exact) mass is 327 g/mol. The fourth-order valence-electron chi connectivity index (χ4n) is 3.48. The molecule has 1 aromatic heterocycles. The van der Waals surface area contributed by atoms with Crippen molar-refractivity contribution in [3.8, 4) is 5.69 Å². The fourth-order valence-corrected chi connectivity index (χ4v) is 3.48. The molecule has 1 aliphatic carbocycles. The molecular weight excluding hydrogens is 302 g/mol. The second-order valence-corrected chi connectivity index (χ2v) is 6.50. The number of aliphatic hydroxyl groups is 1. The number of aliphatic hydroxyl groups excluding tert-OH is 1. The lowest BCUT2D eigenvalue weighted by Crippen LogP contribution is -2.33. The molecule has 0 saturated heterocycles. The predicted octanol–water partition coefficient (Wildman–Crippen LogP) is 2.72. The maximum atomic E-state index is 12.6. The van der Waals surface area contributed by atoms with Crippen molar-refractivity contribution >= 4 is 5.91 Å². The van der Waals surface area contributed by atoms with Crippen LogP contribution >= 0.6 is 0 Å². The van der Waals surface area contributed by atoms with Gasteiger partial charge >= 0.3 is 0 Å². The molecule has 2 unspecified atom stereocenters. The van der Waals surface area contributed by atoms with Crippen molar-refractivity contribution in [2.24, 2.45) is 5.92 Å². The van der Waals surface area contributed by atoms with Crippen LogP contribution in [0.15, 0.2) is 36.5 Å². The Morgan fingerprint density at radius 1 is 1.33 bits per heavy atom. The van der Waals surface area contributed by atoms with E-state index in [0.717, 1.165) is 43.5 Å². The molecule has 1 saturated carbocycles. The Hall–Kier alpha value is -2.14. The van der Waals surface area contributed by atoms with Gasteiger partial charge in [0.15, 0.2) is 0 Å². The maximum absolute atomic E-state index is 12.6. The Balaban J connectivity index is 1.70. The number of hydrogen-bond acceptors (Lipinski definition) is 3. The van der Waals surface area contributed by atoms with E-state index in [-0.39, 0.29) is 12.0 Å². The highest BCUT2D eigenvalue weighted by Crippen LogP contribution is 2.23. The van der Waals surface area contributed by atoms with E-state index in [0.29, 0.717) is 18.0 Å². The molecular formula is C19H25N3O2. The minimum atomic E-state index is -0.215. The van der Waals surface area contributed by atoms with Crippen LogP contribution in [0, 0.1) is 5.92 Å². The van der Waals surface area contributed by atoms with Crippen molar-refractivity contribution in [1.29, 1.82) is 0 Å². The molecule has 2 aromatic rings. The molecule has 3 rings (SSSR count). The lowest BCUT2D eigenvalue weighted by atomic mass is 9.87. The Morgan fingerprint density at radius 3 is 2.83 bits per heavy atom. The lowest BCUT2D eigenvalue weighted by molar-refractivity contribution is 0.0873. The highest BCUT2D eigenvalue weighted by Gasteiger charge is 2.22. The van der Waals surface area contributed by atoms with Crippen molar-refractivity contribution < 1.29 is 9.90 Å². The van der Waals surface area contributed by atoms with E-state index in [1.165, 1.54) is 0 Å². The van der Waals surface area contributed by atoms with Crippen LogP contribution < -0.4 is 5.32 Å². The zero-order valence-corrected chi connectivity index (χ0v) is 14.1. The van der Waals surface area contributed by atoms with Crippen LogP contribution in [0.1, 0.15) is 48.7 Å². The minimum absolute atomic E-state index is 0.0749. The van der Waals surface area contributed by atoms with Gasteiger partial charge in [-0.1, -0.05) is 31.5 Å². The zero-order chi connectivity index (χ0) is 16.9. The molecule has 24 heavy (non-hydrogen) atoms. The summed E-state index contributed by atoms with van der Waals surface area (Å²) in [6.45, 7) is 2.65. The average Bonchev–Trinajstić information content (AvgIpc) is 3.04. The van der Waals surface area contributed by atoms with E-state index in [1.807, 2.05) is 41.9 Å². The molecule has 2 atom stereocenters. The number of benzene rings is 1. The number of aromatic nitrogens is 2. The van der Waals surface area contributed by atoms with Gasteiger partial charge in [0.25, 0.3) is 5.91 Å². The third-order valence-electron chi connectivity index (χ3n) is 4.76. The van der Waals surface area contributed by atoms with Crippen LogP contribution in [0.2, 0.25) is 0 Å². The van der Waals surface area contributed by atoms with Crippen LogP contribution in [0.3, 0.4) is 0 Å². The van der Waals surface area contributed by atoms with Gasteiger partial charge in [-0.3, -0.25) is 4.79 Å². The summed E-state index contributed by atoms with van der Waals surface area (Å²) < 4.78 is 1.83. The molecule has 1 aromatic carbocycles. The largest absolute Gasteiger partial charge is 0.393 e. The first-order chi connectivity index (χ1) is 11.7. The number of carbonyl (C=O) groups is 1. The molecule has 0 aliphatic heterocycles. The molecule has 1 heterocycles. The predicted molar refractivity (Wildman–Crippen MR) is 93.2 cm³/mol. The molecule has 5 heteroatoms. The summed E-state index contributed by atoms with van der Waals surface area (Å²) in [6, 6.07) is 9.86. The van der Waals surface area contributed by atoms with Gasteiger partial charge in [0.1, 0.15) is 0 Å². The quantitative estimate of drug-likeness (QED) is 0.887. The second kappa shape index (κ2) is 7.62. The third kappa shape index (κ3) is 3.67. The summed E-state index contributed by atoms with van der Waals surface area (Å²) >= 11 is 0. The summed E-state index contributed by atoms with van der Waals surface area (Å²) in [5.41, 5.74) is 2.52. The summed E-state index contributed by atoms with van der Waals surface area (Å²) in [7, 11) is 0. The van der Waals surface area contributed by atoms with Crippen molar-refractivity contribution in [2.45, 2.75) is 45.1 Å². The highest BCUT2D eigenvalue weighted by atomic mass is 16.3. The SMILES string of the molecule is CCc1c(C(=O)NCC2CCCC(O)C2)cnn1-c1ccccc1. The first-order valence-corrected chi connectivity index (χ1v) is 8.77. The number of hydrogen-bond donors (Lipinski definition) is 2. The van der Waals surface area contributed by atoms with Crippen LogP contribution in [0.25, 0.3) is 5.69 Å². The van der Waals surface area contributed by atoms with E-state index in [9.17, 15) is 9.90 Å². The lowest BCUT2D eigenvalue weighted by Gasteiger charge is -2.25. The molecule has 1 fully saturated rings. The van der Waals surface area contributed by atoms with Crippen LogP contribution in [0.4, 0.5) is 0 Å². The highest BCUT2D eigenvalue weighted by molar-refractivity contribution is 5.95. The molecule has 0 bridgehead atoms. The molecule has 1 amide bonds. The van der Waals surface area contributed by atoms with E-state index in [1.54, 1.807) is 6.20 Å². The molecule has 5 nitrogen and oxygen atoms in total. The Bertz CT molecular complexity index is 681. The Kier molecular flexibility index (Phi) is 5.30. The van der Waals surface area contributed by atoms with Gasteiger partial charge in [0.2, 0.25) is 0 Å². The zero-order valence-electron chi connectivity index (χ0n) is 14.1. The molecule has 0 spiro atoms. The normalized spacial score (nSPS) is 20.8. The van der Waals surface area contributed by atoms with Crippen LogP contribution in [0.5, 0.6) is 0 Å². The smallest absolute Gasteiger partial charge is 0.254 e. The Labute approximate surface area is 142 Å². The van der Waals surface area contributed by atoms with Gasteiger partial charge < -0.3 is 10.4 Å². The third-order valence-corrected chi connectivity index (χ3v) is 4.76. The fraction of sp³-hybridized carbons (Fsp3) is 0.474. The van der Waals surface area contributed by atoms with E-state index in [4.69, 9.17) is 0 Å². The first-order valence-electron chi connectivity index (χ1n) is 8.77. The van der Waals surface area contributed by atoms with Gasteiger partial charge in [-0.05, 0) is 43.7 Å². The molecule has 0 radical (unpaired) electrons. The average molecular weight is 327 g/mol. The van der Waals surface area contributed by atoms with Crippen molar-refractivity contribution in [2.75, 3.05) is 6.54 Å². The summed E-state index contributed by atoms with van der Waals surface area (Å²) in [5.74, 6) is 0.293. The van der Waals surface area contributed by atoms with Gasteiger partial charge in [-0.15, -0.1) is 0 Å². The first kappa shape index (κ1) is 16.7. The summed E-state index contributed by atoms with van der Waals surface area (Å²) in [6.07, 6.45) is 5.94. The van der Waals surface area contributed by atoms with Gasteiger partial charge in [-0.25, -0.2) is 4.68 Å². The molecule has 2 N–H and O–H groups in total. The van der Waals surface area contributed by atoms with Crippen molar-refractivity contribution in [3.63, 3.8) is 0 Å². The molecule has 128 valence electrons. The second-order valence-electron chi connectivity index (χ2n) is 6.50. The number of rotatable bonds is 5. The number of para-hydroxylation sites is 1. The van der Waals surface area contributed by atoms with Crippen LogP contribution in [-0.2, 0) is 6.42 Å². The van der Waals surface area contributed by atoms with Crippen molar-refractivity contribution in [3.05, 3.63) is 47.8 Å². The number of carbonyl (C=O) groups excluding carboxylic acids is 1. The van der Waals surface area contributed by atoms with E-state index in [2.05, 4.69) is 10.4 Å². The van der Waals surface area contributed by atoms with Crippen molar-refractivity contribution in [1.82, 2.24) is 15.1 Å².